The van der Waals surface area contributed by atoms with Crippen LogP contribution >= 0.6 is 0 Å². The van der Waals surface area contributed by atoms with E-state index in [2.05, 4.69) is 10.6 Å². The normalized spacial score (nSPS) is 15.0. The molecule has 2 rings (SSSR count). The highest BCUT2D eigenvalue weighted by Gasteiger charge is 2.41. The molecule has 0 fully saturated rings. The van der Waals surface area contributed by atoms with Crippen LogP contribution in [-0.4, -0.2) is 63.2 Å². The maximum Gasteiger partial charge on any atom is 0.408 e. The van der Waals surface area contributed by atoms with Crippen molar-refractivity contribution in [1.29, 1.82) is 0 Å². The van der Waals surface area contributed by atoms with Crippen LogP contribution in [0.3, 0.4) is 0 Å². The summed E-state index contributed by atoms with van der Waals surface area (Å²) in [7, 11) is 0. The van der Waals surface area contributed by atoms with Crippen LogP contribution in [0.5, 0.6) is 5.75 Å². The molecule has 0 spiro atoms. The van der Waals surface area contributed by atoms with Gasteiger partial charge in [-0.2, -0.15) is 0 Å². The Kier molecular flexibility index (Phi) is 13.9. The van der Waals surface area contributed by atoms with Crippen molar-refractivity contribution in [2.75, 3.05) is 0 Å². The van der Waals surface area contributed by atoms with Gasteiger partial charge < -0.3 is 30.1 Å². The first kappa shape index (κ1) is 39.1. The largest absolute Gasteiger partial charge is 0.508 e. The van der Waals surface area contributed by atoms with E-state index in [-0.39, 0.29) is 18.1 Å². The molecule has 3 N–H and O–H groups in total. The Balaban J connectivity index is 2.69. The molecule has 0 saturated heterocycles. The van der Waals surface area contributed by atoms with Gasteiger partial charge in [0.25, 0.3) is 0 Å². The Morgan fingerprint density at radius 1 is 0.851 bits per heavy atom. The van der Waals surface area contributed by atoms with Gasteiger partial charge in [0, 0.05) is 12.5 Å². The zero-order valence-corrected chi connectivity index (χ0v) is 30.0. The molecule has 10 heteroatoms. The number of nitrogens with one attached hydrogen (secondary N) is 2. The van der Waals surface area contributed by atoms with Crippen LogP contribution in [0.15, 0.2) is 48.5 Å². The number of amides is 3. The van der Waals surface area contributed by atoms with E-state index in [9.17, 15) is 24.3 Å². The molecule has 10 nitrogen and oxygen atoms in total. The third-order valence-corrected chi connectivity index (χ3v) is 7.82. The molecule has 0 bridgehead atoms. The molecule has 0 aromatic heterocycles. The number of carbonyl (C=O) groups excluding carboxylic acids is 4. The van der Waals surface area contributed by atoms with Crippen molar-refractivity contribution < 1.29 is 33.8 Å². The Hall–Kier alpha value is -4.08. The molecule has 47 heavy (non-hydrogen) atoms. The highest BCUT2D eigenvalue weighted by Crippen LogP contribution is 2.31. The topological polar surface area (TPSA) is 134 Å². The fourth-order valence-corrected chi connectivity index (χ4v) is 5.03. The lowest BCUT2D eigenvalue weighted by Crippen LogP contribution is -2.58. The minimum atomic E-state index is -1.22. The van der Waals surface area contributed by atoms with E-state index >= 15 is 0 Å². The fraction of sp³-hybridized carbons (Fsp3) is 0.568. The van der Waals surface area contributed by atoms with Gasteiger partial charge >= 0.3 is 12.1 Å². The molecule has 0 heterocycles. The minimum Gasteiger partial charge on any atom is -0.508 e. The minimum absolute atomic E-state index is 0.0362. The van der Waals surface area contributed by atoms with Crippen molar-refractivity contribution in [2.45, 2.75) is 131 Å². The second-order valence-corrected chi connectivity index (χ2v) is 14.2. The van der Waals surface area contributed by atoms with Gasteiger partial charge in [0.15, 0.2) is 0 Å². The van der Waals surface area contributed by atoms with Crippen LogP contribution in [0.2, 0.25) is 0 Å². The molecule has 5 unspecified atom stereocenters. The summed E-state index contributed by atoms with van der Waals surface area (Å²) in [5.74, 6) is -1.95. The van der Waals surface area contributed by atoms with Gasteiger partial charge in [-0.15, -0.1) is 0 Å². The molecule has 0 aliphatic carbocycles. The summed E-state index contributed by atoms with van der Waals surface area (Å²) in [5.41, 5.74) is 0.170. The second kappa shape index (κ2) is 16.7. The number of hydrogen-bond donors (Lipinski definition) is 3. The summed E-state index contributed by atoms with van der Waals surface area (Å²) in [6.07, 6.45) is 0.476. The predicted octanol–water partition coefficient (Wildman–Crippen LogP) is 6.38. The van der Waals surface area contributed by atoms with Gasteiger partial charge in [-0.05, 0) is 96.6 Å². The van der Waals surface area contributed by atoms with Gasteiger partial charge in [-0.25, -0.2) is 9.59 Å². The van der Waals surface area contributed by atoms with E-state index in [1.54, 1.807) is 60.6 Å². The summed E-state index contributed by atoms with van der Waals surface area (Å²) in [6, 6.07) is 10.2. The van der Waals surface area contributed by atoms with Gasteiger partial charge in [0.05, 0.1) is 0 Å². The lowest BCUT2D eigenvalue weighted by Gasteiger charge is -2.40. The number of nitrogens with zero attached hydrogens (tertiary/aromatic N) is 1. The van der Waals surface area contributed by atoms with E-state index in [1.165, 1.54) is 11.0 Å². The number of ether oxygens (including phenoxy) is 2. The van der Waals surface area contributed by atoms with Gasteiger partial charge in [-0.3, -0.25) is 9.59 Å². The molecule has 2 aromatic rings. The molecular weight excluding hydrogens is 598 g/mol. The smallest absolute Gasteiger partial charge is 0.408 e. The monoisotopic (exact) mass is 653 g/mol. The third-order valence-electron chi connectivity index (χ3n) is 7.82. The van der Waals surface area contributed by atoms with Crippen molar-refractivity contribution in [3.8, 4) is 5.75 Å². The Morgan fingerprint density at radius 3 is 1.96 bits per heavy atom. The summed E-state index contributed by atoms with van der Waals surface area (Å²) >= 11 is 0. The first-order valence-electron chi connectivity index (χ1n) is 16.5. The van der Waals surface area contributed by atoms with Crippen LogP contribution in [-0.2, 0) is 30.3 Å². The molecule has 5 atom stereocenters. The molecule has 3 amide bonds. The first-order valence-corrected chi connectivity index (χ1v) is 16.5. The van der Waals surface area contributed by atoms with E-state index in [0.29, 0.717) is 24.0 Å². The van der Waals surface area contributed by atoms with Gasteiger partial charge in [-0.1, -0.05) is 63.6 Å². The highest BCUT2D eigenvalue weighted by molar-refractivity contribution is 5.94. The second-order valence-electron chi connectivity index (χ2n) is 14.2. The molecule has 0 aliphatic heterocycles. The maximum absolute atomic E-state index is 14.6. The molecule has 0 aliphatic rings. The van der Waals surface area contributed by atoms with Crippen LogP contribution in [0.25, 0.3) is 0 Å². The number of benzene rings is 2. The molecular formula is C37H55N3O7. The number of carbonyl (C=O) groups is 4. The highest BCUT2D eigenvalue weighted by atomic mass is 16.6. The van der Waals surface area contributed by atoms with E-state index in [1.807, 2.05) is 58.0 Å². The van der Waals surface area contributed by atoms with Crippen molar-refractivity contribution in [3.05, 3.63) is 65.2 Å². The van der Waals surface area contributed by atoms with Gasteiger partial charge in [0.1, 0.15) is 35.1 Å². The zero-order chi connectivity index (χ0) is 35.7. The number of phenols is 1. The molecule has 0 radical (unpaired) electrons. The van der Waals surface area contributed by atoms with Crippen LogP contribution < -0.4 is 10.6 Å². The molecule has 2 aromatic carbocycles. The average molecular weight is 654 g/mol. The quantitative estimate of drug-likeness (QED) is 0.214. The lowest BCUT2D eigenvalue weighted by atomic mass is 9.93. The number of phenolic OH excluding ortho intramolecular Hbond substituents is 1. The van der Waals surface area contributed by atoms with Crippen molar-refractivity contribution in [2.24, 2.45) is 5.92 Å². The lowest BCUT2D eigenvalue weighted by molar-refractivity contribution is -0.159. The predicted molar refractivity (Wildman–Crippen MR) is 183 cm³/mol. The third kappa shape index (κ3) is 11.9. The first-order chi connectivity index (χ1) is 21.8. The molecule has 0 saturated carbocycles. The van der Waals surface area contributed by atoms with Crippen molar-refractivity contribution >= 4 is 23.9 Å². The van der Waals surface area contributed by atoms with Crippen LogP contribution in [0, 0.1) is 12.8 Å². The van der Waals surface area contributed by atoms with Crippen molar-refractivity contribution in [3.63, 3.8) is 0 Å². The zero-order valence-electron chi connectivity index (χ0n) is 30.0. The number of hydrogen-bond acceptors (Lipinski definition) is 7. The summed E-state index contributed by atoms with van der Waals surface area (Å²) in [5, 5.41) is 16.0. The summed E-state index contributed by atoms with van der Waals surface area (Å²) in [4.78, 5) is 57.2. The summed E-state index contributed by atoms with van der Waals surface area (Å²) < 4.78 is 11.2. The fourth-order valence-electron chi connectivity index (χ4n) is 5.03. The number of aryl methyl sites for hydroxylation is 1. The van der Waals surface area contributed by atoms with E-state index in [0.717, 1.165) is 5.56 Å². The average Bonchev–Trinajstić information content (AvgIpc) is 2.97. The standard InChI is InChI=1S/C37H55N3O7/c1-12-23(3)30(39-35(45)47-37(9,10)11)33(43)40(25(5)13-2)31(27-19-20-29(41)24(4)21-27)32(42)38-28(34(44)46-36(6,7)8)22-26-17-15-14-16-18-26/h14-21,23,25,28,30-31,41H,12-13,22H2,1-11H3,(H,38,42)(H,39,45). The Labute approximate surface area is 280 Å². The Morgan fingerprint density at radius 2 is 1.45 bits per heavy atom. The van der Waals surface area contributed by atoms with Gasteiger partial charge in [0.2, 0.25) is 11.8 Å². The molecule has 260 valence electrons. The number of rotatable bonds is 13. The van der Waals surface area contributed by atoms with Crippen LogP contribution in [0.1, 0.15) is 105 Å². The Bertz CT molecular complexity index is 1360. The SMILES string of the molecule is CCC(C)C(NC(=O)OC(C)(C)C)C(=O)N(C(C)CC)C(C(=O)NC(Cc1ccccc1)C(=O)OC(C)(C)C)c1ccc(O)c(C)c1. The number of aromatic hydroxyl groups is 1. The van der Waals surface area contributed by atoms with Crippen LogP contribution in [0.4, 0.5) is 4.79 Å². The maximum atomic E-state index is 14.6. The van der Waals surface area contributed by atoms with E-state index < -0.39 is 59.2 Å². The van der Waals surface area contributed by atoms with Crippen molar-refractivity contribution in [1.82, 2.24) is 15.5 Å². The number of alkyl carbamates (subject to hydrolysis) is 1. The summed E-state index contributed by atoms with van der Waals surface area (Å²) in [6.45, 7) is 19.7. The number of esters is 1. The van der Waals surface area contributed by atoms with E-state index in [4.69, 9.17) is 9.47 Å².